The Kier molecular flexibility index (Phi) is 9.16. The van der Waals surface area contributed by atoms with Gasteiger partial charge in [0, 0.05) is 24.0 Å². The van der Waals surface area contributed by atoms with Crippen LogP contribution >= 0.6 is 11.6 Å². The maximum Gasteiger partial charge on any atom is 0.243 e. The van der Waals surface area contributed by atoms with E-state index in [4.69, 9.17) is 11.6 Å². The third kappa shape index (κ3) is 6.59. The fraction of sp³-hybridized carbons (Fsp3) is 0.481. The van der Waals surface area contributed by atoms with Crippen LogP contribution in [0.5, 0.6) is 0 Å². The predicted octanol–water partition coefficient (Wildman–Crippen LogP) is 5.84. The lowest BCUT2D eigenvalue weighted by molar-refractivity contribution is -0.141. The predicted molar refractivity (Wildman–Crippen MR) is 131 cm³/mol. The molecular weight excluding hydrogens is 420 g/mol. The Bertz CT molecular complexity index is 908. The van der Waals surface area contributed by atoms with Gasteiger partial charge < -0.3 is 10.2 Å². The highest BCUT2D eigenvalue weighted by atomic mass is 35.5. The minimum absolute atomic E-state index is 0.0150. The molecule has 5 heteroatoms. The van der Waals surface area contributed by atoms with E-state index in [-0.39, 0.29) is 17.9 Å². The van der Waals surface area contributed by atoms with Gasteiger partial charge in [-0.1, -0.05) is 80.3 Å². The van der Waals surface area contributed by atoms with E-state index in [0.717, 1.165) is 42.4 Å². The van der Waals surface area contributed by atoms with Crippen molar-refractivity contribution in [2.45, 2.75) is 83.8 Å². The van der Waals surface area contributed by atoms with Crippen molar-refractivity contribution in [3.8, 4) is 0 Å². The Morgan fingerprint density at radius 1 is 1.03 bits per heavy atom. The van der Waals surface area contributed by atoms with Gasteiger partial charge in [0.1, 0.15) is 6.04 Å². The summed E-state index contributed by atoms with van der Waals surface area (Å²) in [5, 5.41) is 3.91. The minimum atomic E-state index is -0.477. The summed E-state index contributed by atoms with van der Waals surface area (Å²) in [5.41, 5.74) is 3.15. The zero-order valence-electron chi connectivity index (χ0n) is 19.3. The van der Waals surface area contributed by atoms with Crippen molar-refractivity contribution in [3.63, 3.8) is 0 Å². The number of halogens is 1. The normalized spacial score (nSPS) is 15.2. The van der Waals surface area contributed by atoms with Crippen molar-refractivity contribution in [1.29, 1.82) is 0 Å². The number of carbonyl (C=O) groups is 2. The molecule has 1 saturated carbocycles. The average molecular weight is 455 g/mol. The molecule has 1 atom stereocenters. The van der Waals surface area contributed by atoms with E-state index in [9.17, 15) is 9.59 Å². The molecule has 1 fully saturated rings. The molecule has 0 aromatic heterocycles. The van der Waals surface area contributed by atoms with Crippen molar-refractivity contribution in [1.82, 2.24) is 10.2 Å². The van der Waals surface area contributed by atoms with Gasteiger partial charge in [0.15, 0.2) is 0 Å². The molecule has 0 bridgehead atoms. The highest BCUT2D eigenvalue weighted by molar-refractivity contribution is 6.31. The van der Waals surface area contributed by atoms with E-state index >= 15 is 0 Å². The van der Waals surface area contributed by atoms with Gasteiger partial charge in [0.2, 0.25) is 11.8 Å². The summed E-state index contributed by atoms with van der Waals surface area (Å²) < 4.78 is 0. The fourth-order valence-electron chi connectivity index (χ4n) is 4.52. The third-order valence-corrected chi connectivity index (χ3v) is 6.87. The highest BCUT2D eigenvalue weighted by Crippen LogP contribution is 2.22. The van der Waals surface area contributed by atoms with E-state index in [2.05, 4.69) is 5.32 Å². The topological polar surface area (TPSA) is 49.4 Å². The van der Waals surface area contributed by atoms with E-state index in [1.807, 2.05) is 62.4 Å². The van der Waals surface area contributed by atoms with Gasteiger partial charge in [-0.2, -0.15) is 0 Å². The summed E-state index contributed by atoms with van der Waals surface area (Å²) in [6, 6.07) is 15.4. The Balaban J connectivity index is 1.77. The highest BCUT2D eigenvalue weighted by Gasteiger charge is 2.30. The number of amides is 2. The number of rotatable bonds is 9. The van der Waals surface area contributed by atoms with Gasteiger partial charge in [-0.3, -0.25) is 9.59 Å². The zero-order chi connectivity index (χ0) is 22.9. The maximum atomic E-state index is 13.4. The quantitative estimate of drug-likeness (QED) is 0.517. The van der Waals surface area contributed by atoms with Gasteiger partial charge >= 0.3 is 0 Å². The summed E-state index contributed by atoms with van der Waals surface area (Å²) in [5.74, 6) is -0.0436. The summed E-state index contributed by atoms with van der Waals surface area (Å²) in [6.45, 7) is 4.46. The largest absolute Gasteiger partial charge is 0.352 e. The van der Waals surface area contributed by atoms with Crippen LogP contribution in [0.4, 0.5) is 0 Å². The van der Waals surface area contributed by atoms with Crippen LogP contribution in [-0.2, 0) is 22.6 Å². The van der Waals surface area contributed by atoms with Crippen LogP contribution in [0.2, 0.25) is 5.02 Å². The number of hydrogen-bond donors (Lipinski definition) is 1. The second-order valence-electron chi connectivity index (χ2n) is 8.81. The Morgan fingerprint density at radius 3 is 2.34 bits per heavy atom. The molecule has 0 aliphatic heterocycles. The summed E-state index contributed by atoms with van der Waals surface area (Å²) >= 11 is 6.30. The molecule has 2 aromatic carbocycles. The number of nitrogens with one attached hydrogen (secondary N) is 1. The van der Waals surface area contributed by atoms with Crippen molar-refractivity contribution >= 4 is 23.4 Å². The van der Waals surface area contributed by atoms with Gasteiger partial charge in [0.05, 0.1) is 0 Å². The van der Waals surface area contributed by atoms with Crippen molar-refractivity contribution < 1.29 is 9.59 Å². The molecule has 0 heterocycles. The molecule has 0 unspecified atom stereocenters. The second-order valence-corrected chi connectivity index (χ2v) is 9.21. The van der Waals surface area contributed by atoms with Gasteiger partial charge in [-0.25, -0.2) is 0 Å². The van der Waals surface area contributed by atoms with Crippen LogP contribution < -0.4 is 5.32 Å². The maximum absolute atomic E-state index is 13.4. The molecule has 172 valence electrons. The summed E-state index contributed by atoms with van der Waals surface area (Å²) in [6.07, 6.45) is 7.08. The van der Waals surface area contributed by atoms with E-state index < -0.39 is 6.04 Å². The Hall–Kier alpha value is -2.33. The van der Waals surface area contributed by atoms with Crippen LogP contribution in [-0.4, -0.2) is 28.8 Å². The van der Waals surface area contributed by atoms with Crippen LogP contribution in [0.1, 0.15) is 68.6 Å². The van der Waals surface area contributed by atoms with Crippen LogP contribution in [0.3, 0.4) is 0 Å². The first kappa shape index (κ1) is 24.3. The standard InChI is InChI=1S/C27H35ClN2O2/c1-3-25(27(32)29-23-14-5-4-6-15-23)30(19-22-13-8-7-11-20(22)2)26(31)18-17-21-12-9-10-16-24(21)28/h7-13,16,23,25H,3-6,14-15,17-19H2,1-2H3,(H,29,32)/t25-/m0/s1. The SMILES string of the molecule is CC[C@@H](C(=O)NC1CCCCC1)N(Cc1ccccc1C)C(=O)CCc1ccccc1Cl. The van der Waals surface area contributed by atoms with Gasteiger partial charge in [-0.05, 0) is 55.4 Å². The fourth-order valence-corrected chi connectivity index (χ4v) is 4.75. The molecule has 32 heavy (non-hydrogen) atoms. The van der Waals surface area contributed by atoms with E-state index in [1.54, 1.807) is 4.90 Å². The number of carbonyl (C=O) groups excluding carboxylic acids is 2. The molecule has 0 radical (unpaired) electrons. The number of benzene rings is 2. The first-order valence-corrected chi connectivity index (χ1v) is 12.2. The molecule has 2 aromatic rings. The smallest absolute Gasteiger partial charge is 0.243 e. The van der Waals surface area contributed by atoms with Gasteiger partial charge in [-0.15, -0.1) is 0 Å². The Morgan fingerprint density at radius 2 is 1.69 bits per heavy atom. The minimum Gasteiger partial charge on any atom is -0.352 e. The molecule has 4 nitrogen and oxygen atoms in total. The molecule has 0 spiro atoms. The average Bonchev–Trinajstić information content (AvgIpc) is 2.80. The molecule has 2 amide bonds. The molecule has 3 rings (SSSR count). The van der Waals surface area contributed by atoms with E-state index in [0.29, 0.717) is 30.8 Å². The van der Waals surface area contributed by atoms with Crippen LogP contribution in [0.25, 0.3) is 0 Å². The molecule has 1 aliphatic carbocycles. The van der Waals surface area contributed by atoms with Crippen LogP contribution in [0.15, 0.2) is 48.5 Å². The second kappa shape index (κ2) is 12.1. The van der Waals surface area contributed by atoms with Crippen molar-refractivity contribution in [2.75, 3.05) is 0 Å². The van der Waals surface area contributed by atoms with Crippen LogP contribution in [0, 0.1) is 6.92 Å². The van der Waals surface area contributed by atoms with Gasteiger partial charge in [0.25, 0.3) is 0 Å². The monoisotopic (exact) mass is 454 g/mol. The van der Waals surface area contributed by atoms with Crippen molar-refractivity contribution in [3.05, 3.63) is 70.2 Å². The first-order valence-electron chi connectivity index (χ1n) is 11.9. The lowest BCUT2D eigenvalue weighted by atomic mass is 9.95. The summed E-state index contributed by atoms with van der Waals surface area (Å²) in [4.78, 5) is 28.5. The lowest BCUT2D eigenvalue weighted by Crippen LogP contribution is -2.51. The zero-order valence-corrected chi connectivity index (χ0v) is 20.0. The number of hydrogen-bond acceptors (Lipinski definition) is 2. The molecule has 0 saturated heterocycles. The molecule has 1 aliphatic rings. The first-order chi connectivity index (χ1) is 15.5. The molecule has 1 N–H and O–H groups in total. The third-order valence-electron chi connectivity index (χ3n) is 6.51. The Labute approximate surface area is 197 Å². The molecular formula is C27H35ClN2O2. The number of aryl methyl sites for hydroxylation is 2. The lowest BCUT2D eigenvalue weighted by Gasteiger charge is -2.33. The number of nitrogens with zero attached hydrogens (tertiary/aromatic N) is 1. The van der Waals surface area contributed by atoms with E-state index in [1.165, 1.54) is 6.42 Å². The van der Waals surface area contributed by atoms with Crippen molar-refractivity contribution in [2.24, 2.45) is 0 Å². The summed E-state index contributed by atoms with van der Waals surface area (Å²) in [7, 11) is 0.